The molecule has 0 aliphatic heterocycles. The maximum Gasteiger partial charge on any atom is 0.0541 e. The summed E-state index contributed by atoms with van der Waals surface area (Å²) in [6, 6.07) is 8.10. The summed E-state index contributed by atoms with van der Waals surface area (Å²) in [5, 5.41) is 0.875. The third-order valence-electron chi connectivity index (χ3n) is 3.37. The number of thioether (sulfide) groups is 1. The number of hydrogen-bond donors (Lipinski definition) is 1. The molecule has 1 aliphatic rings. The summed E-state index contributed by atoms with van der Waals surface area (Å²) in [5.74, 6) is 2.16. The van der Waals surface area contributed by atoms with Crippen LogP contribution < -0.4 is 0 Å². The molecule has 0 heterocycles. The molecule has 0 N–H and O–H groups in total. The molecule has 1 aromatic carbocycles. The van der Waals surface area contributed by atoms with Crippen LogP contribution in [0.25, 0.3) is 0 Å². The number of thiol groups is 1. The smallest absolute Gasteiger partial charge is 0.0541 e. The van der Waals surface area contributed by atoms with Crippen molar-refractivity contribution in [2.24, 2.45) is 5.41 Å². The van der Waals surface area contributed by atoms with Crippen molar-refractivity contribution < 1.29 is 0 Å². The Balaban J connectivity index is 1.98. The molecular weight excluding hydrogens is 256 g/mol. The largest absolute Gasteiger partial charge is 0.179 e. The van der Waals surface area contributed by atoms with Crippen LogP contribution in [0, 0.1) is 5.41 Å². The lowest BCUT2D eigenvalue weighted by Gasteiger charge is -2.26. The first-order valence-electron chi connectivity index (χ1n) is 5.74. The van der Waals surface area contributed by atoms with E-state index in [0.717, 1.165) is 16.5 Å². The molecule has 1 aromatic rings. The molecule has 16 heavy (non-hydrogen) atoms. The molecular formula is C13H17ClS2. The van der Waals surface area contributed by atoms with Crippen LogP contribution in [0.1, 0.15) is 25.7 Å². The van der Waals surface area contributed by atoms with Crippen molar-refractivity contribution in [2.45, 2.75) is 30.6 Å². The molecule has 88 valence electrons. The van der Waals surface area contributed by atoms with Crippen molar-refractivity contribution in [1.29, 1.82) is 0 Å². The zero-order valence-corrected chi connectivity index (χ0v) is 11.8. The van der Waals surface area contributed by atoms with Gasteiger partial charge >= 0.3 is 0 Å². The van der Waals surface area contributed by atoms with Crippen molar-refractivity contribution in [2.75, 3.05) is 11.5 Å². The monoisotopic (exact) mass is 272 g/mol. The van der Waals surface area contributed by atoms with Gasteiger partial charge in [0.05, 0.1) is 5.02 Å². The molecule has 1 fully saturated rings. The van der Waals surface area contributed by atoms with Gasteiger partial charge in [0.15, 0.2) is 0 Å². The Bertz CT molecular complexity index is 346. The molecule has 0 spiro atoms. The molecule has 0 radical (unpaired) electrons. The van der Waals surface area contributed by atoms with E-state index >= 15 is 0 Å². The molecule has 0 bridgehead atoms. The second-order valence-electron chi connectivity index (χ2n) is 4.58. The van der Waals surface area contributed by atoms with E-state index in [-0.39, 0.29) is 0 Å². The second kappa shape index (κ2) is 5.70. The highest BCUT2D eigenvalue weighted by molar-refractivity contribution is 7.99. The van der Waals surface area contributed by atoms with E-state index in [1.807, 2.05) is 23.9 Å². The van der Waals surface area contributed by atoms with Crippen LogP contribution in [0.15, 0.2) is 29.2 Å². The quantitative estimate of drug-likeness (QED) is 0.599. The van der Waals surface area contributed by atoms with E-state index in [4.69, 9.17) is 11.6 Å². The Morgan fingerprint density at radius 2 is 1.94 bits per heavy atom. The van der Waals surface area contributed by atoms with Gasteiger partial charge in [0, 0.05) is 10.6 Å². The van der Waals surface area contributed by atoms with Gasteiger partial charge < -0.3 is 0 Å². The van der Waals surface area contributed by atoms with Crippen molar-refractivity contribution in [1.82, 2.24) is 0 Å². The van der Waals surface area contributed by atoms with E-state index in [0.29, 0.717) is 5.41 Å². The van der Waals surface area contributed by atoms with Crippen molar-refractivity contribution >= 4 is 36.0 Å². The van der Waals surface area contributed by atoms with Gasteiger partial charge in [0.1, 0.15) is 0 Å². The van der Waals surface area contributed by atoms with Crippen LogP contribution in [0.4, 0.5) is 0 Å². The van der Waals surface area contributed by atoms with Gasteiger partial charge in [0.25, 0.3) is 0 Å². The van der Waals surface area contributed by atoms with Crippen LogP contribution in [-0.2, 0) is 0 Å². The number of halogens is 1. The normalized spacial score (nSPS) is 18.9. The fraction of sp³-hybridized carbons (Fsp3) is 0.538. The van der Waals surface area contributed by atoms with E-state index in [9.17, 15) is 0 Å². The zero-order valence-electron chi connectivity index (χ0n) is 9.29. The fourth-order valence-corrected chi connectivity index (χ4v) is 4.38. The third kappa shape index (κ3) is 2.91. The summed E-state index contributed by atoms with van der Waals surface area (Å²) in [6.07, 6.45) is 5.38. The number of rotatable bonds is 4. The van der Waals surface area contributed by atoms with Gasteiger partial charge in [-0.15, -0.1) is 11.8 Å². The maximum atomic E-state index is 6.16. The summed E-state index contributed by atoms with van der Waals surface area (Å²) < 4.78 is 0. The Morgan fingerprint density at radius 1 is 1.25 bits per heavy atom. The first kappa shape index (κ1) is 12.7. The van der Waals surface area contributed by atoms with Crippen LogP contribution in [0.2, 0.25) is 5.02 Å². The highest BCUT2D eigenvalue weighted by Gasteiger charge is 2.32. The average molecular weight is 273 g/mol. The summed E-state index contributed by atoms with van der Waals surface area (Å²) in [5.41, 5.74) is 0.451. The summed E-state index contributed by atoms with van der Waals surface area (Å²) in [6.45, 7) is 0. The molecule has 0 nitrogen and oxygen atoms in total. The lowest BCUT2D eigenvalue weighted by atomic mass is 9.91. The SMILES string of the molecule is SCC1(CSc2ccccc2Cl)CCCC1. The standard InChI is InChI=1S/C13H17ClS2/c14-11-5-1-2-6-12(11)16-10-13(9-15)7-3-4-8-13/h1-2,5-6,15H,3-4,7-10H2. The summed E-state index contributed by atoms with van der Waals surface area (Å²) >= 11 is 12.6. The van der Waals surface area contributed by atoms with Gasteiger partial charge in [-0.3, -0.25) is 0 Å². The first-order chi connectivity index (χ1) is 7.76. The van der Waals surface area contributed by atoms with E-state index in [1.54, 1.807) is 0 Å². The van der Waals surface area contributed by atoms with Crippen molar-refractivity contribution in [3.63, 3.8) is 0 Å². The third-order valence-corrected chi connectivity index (χ3v) is 5.91. The molecule has 0 amide bonds. The molecule has 0 saturated heterocycles. The number of hydrogen-bond acceptors (Lipinski definition) is 2. The lowest BCUT2D eigenvalue weighted by Crippen LogP contribution is -2.21. The first-order valence-corrected chi connectivity index (χ1v) is 7.74. The molecule has 2 rings (SSSR count). The van der Waals surface area contributed by atoms with Gasteiger partial charge in [-0.05, 0) is 36.1 Å². The van der Waals surface area contributed by atoms with Crippen molar-refractivity contribution in [3.05, 3.63) is 29.3 Å². The predicted molar refractivity (Wildman–Crippen MR) is 76.9 cm³/mol. The van der Waals surface area contributed by atoms with E-state index < -0.39 is 0 Å². The molecule has 0 aromatic heterocycles. The lowest BCUT2D eigenvalue weighted by molar-refractivity contribution is 0.403. The Labute approximate surface area is 113 Å². The molecule has 0 atom stereocenters. The van der Waals surface area contributed by atoms with Crippen LogP contribution in [0.3, 0.4) is 0 Å². The zero-order chi connectivity index (χ0) is 11.4. The Kier molecular flexibility index (Phi) is 4.51. The van der Waals surface area contributed by atoms with Crippen LogP contribution in [-0.4, -0.2) is 11.5 Å². The summed E-state index contributed by atoms with van der Waals surface area (Å²) in [4.78, 5) is 1.21. The average Bonchev–Trinajstić information content (AvgIpc) is 2.78. The van der Waals surface area contributed by atoms with E-state index in [2.05, 4.69) is 24.8 Å². The highest BCUT2D eigenvalue weighted by Crippen LogP contribution is 2.43. The molecule has 1 aliphatic carbocycles. The Morgan fingerprint density at radius 3 is 2.56 bits per heavy atom. The number of benzene rings is 1. The van der Waals surface area contributed by atoms with Gasteiger partial charge in [-0.25, -0.2) is 0 Å². The Hall–Kier alpha value is 0.210. The summed E-state index contributed by atoms with van der Waals surface area (Å²) in [7, 11) is 0. The van der Waals surface area contributed by atoms with Crippen LogP contribution in [0.5, 0.6) is 0 Å². The minimum absolute atomic E-state index is 0.451. The maximum absolute atomic E-state index is 6.16. The second-order valence-corrected chi connectivity index (χ2v) is 6.32. The molecule has 3 heteroatoms. The topological polar surface area (TPSA) is 0 Å². The van der Waals surface area contributed by atoms with Gasteiger partial charge in [-0.1, -0.05) is 36.6 Å². The molecule has 1 saturated carbocycles. The van der Waals surface area contributed by atoms with Gasteiger partial charge in [0.2, 0.25) is 0 Å². The minimum atomic E-state index is 0.451. The fourth-order valence-electron chi connectivity index (χ4n) is 2.27. The van der Waals surface area contributed by atoms with Gasteiger partial charge in [-0.2, -0.15) is 12.6 Å². The molecule has 0 unspecified atom stereocenters. The minimum Gasteiger partial charge on any atom is -0.179 e. The predicted octanol–water partition coefficient (Wildman–Crippen LogP) is 4.92. The highest BCUT2D eigenvalue weighted by atomic mass is 35.5. The van der Waals surface area contributed by atoms with E-state index in [1.165, 1.54) is 30.6 Å². The van der Waals surface area contributed by atoms with Crippen molar-refractivity contribution in [3.8, 4) is 0 Å². The van der Waals surface area contributed by atoms with Crippen LogP contribution >= 0.6 is 36.0 Å².